The molecule has 66 valence electrons. The van der Waals surface area contributed by atoms with E-state index in [0.29, 0.717) is 20.6 Å². The average Bonchev–Trinajstić information content (AvgIpc) is 1.97. The Bertz CT molecular complexity index is 297. The van der Waals surface area contributed by atoms with Gasteiger partial charge in [0.15, 0.2) is 0 Å². The van der Waals surface area contributed by atoms with E-state index in [1.165, 1.54) is 0 Å². The topological polar surface area (TPSA) is 26.0 Å². The molecular formula is C8H8Cl3N. The van der Waals surface area contributed by atoms with Crippen molar-refractivity contribution < 1.29 is 0 Å². The molecule has 2 N–H and O–H groups in total. The Morgan fingerprint density at radius 2 is 1.67 bits per heavy atom. The Morgan fingerprint density at radius 3 is 2.08 bits per heavy atom. The molecule has 1 nitrogen and oxygen atoms in total. The van der Waals surface area contributed by atoms with Gasteiger partial charge in [-0.05, 0) is 19.1 Å². The van der Waals surface area contributed by atoms with Gasteiger partial charge >= 0.3 is 0 Å². The predicted octanol–water partition coefficient (Wildman–Crippen LogP) is 3.67. The van der Waals surface area contributed by atoms with Gasteiger partial charge in [0.2, 0.25) is 0 Å². The van der Waals surface area contributed by atoms with Crippen LogP contribution in [-0.4, -0.2) is 0 Å². The van der Waals surface area contributed by atoms with Crippen molar-refractivity contribution >= 4 is 34.8 Å². The van der Waals surface area contributed by atoms with Crippen molar-refractivity contribution in [3.8, 4) is 0 Å². The fraction of sp³-hybridized carbons (Fsp3) is 0.250. The molecule has 0 fully saturated rings. The van der Waals surface area contributed by atoms with E-state index >= 15 is 0 Å². The van der Waals surface area contributed by atoms with E-state index in [4.69, 9.17) is 40.5 Å². The smallest absolute Gasteiger partial charge is 0.0654 e. The number of rotatable bonds is 1. The molecule has 4 heteroatoms. The highest BCUT2D eigenvalue weighted by atomic mass is 35.5. The summed E-state index contributed by atoms with van der Waals surface area (Å²) in [5.41, 5.74) is 6.36. The van der Waals surface area contributed by atoms with Crippen LogP contribution in [0.3, 0.4) is 0 Å². The highest BCUT2D eigenvalue weighted by Crippen LogP contribution is 2.34. The molecule has 1 rings (SSSR count). The van der Waals surface area contributed by atoms with Crippen molar-refractivity contribution in [2.45, 2.75) is 13.0 Å². The Morgan fingerprint density at radius 1 is 1.17 bits per heavy atom. The molecule has 1 atom stereocenters. The summed E-state index contributed by atoms with van der Waals surface area (Å²) in [5.74, 6) is 0. The van der Waals surface area contributed by atoms with Crippen LogP contribution in [0.2, 0.25) is 15.1 Å². The Balaban J connectivity index is 3.33. The maximum atomic E-state index is 5.90. The lowest BCUT2D eigenvalue weighted by atomic mass is 10.1. The van der Waals surface area contributed by atoms with Crippen LogP contribution in [0.15, 0.2) is 12.1 Å². The molecule has 0 aliphatic rings. The molecule has 0 amide bonds. The first-order valence-electron chi connectivity index (χ1n) is 3.43. The highest BCUT2D eigenvalue weighted by Gasteiger charge is 2.12. The van der Waals surface area contributed by atoms with Gasteiger partial charge in [-0.3, -0.25) is 0 Å². The minimum Gasteiger partial charge on any atom is -0.324 e. The SMILES string of the molecule is C[C@H](N)c1c(Cl)ccc(Cl)c1Cl. The van der Waals surface area contributed by atoms with Crippen LogP contribution in [-0.2, 0) is 0 Å². The second-order valence-corrected chi connectivity index (χ2v) is 3.74. The fourth-order valence-corrected chi connectivity index (χ4v) is 1.84. The van der Waals surface area contributed by atoms with Gasteiger partial charge in [0.1, 0.15) is 0 Å². The molecule has 0 spiro atoms. The lowest BCUT2D eigenvalue weighted by molar-refractivity contribution is 0.819. The molecule has 1 aromatic rings. The molecule has 0 heterocycles. The van der Waals surface area contributed by atoms with Crippen molar-refractivity contribution in [1.82, 2.24) is 0 Å². The van der Waals surface area contributed by atoms with Gasteiger partial charge in [-0.15, -0.1) is 0 Å². The normalized spacial score (nSPS) is 13.1. The minimum absolute atomic E-state index is 0.205. The van der Waals surface area contributed by atoms with Gasteiger partial charge in [-0.25, -0.2) is 0 Å². The lowest BCUT2D eigenvalue weighted by Crippen LogP contribution is -2.06. The summed E-state index contributed by atoms with van der Waals surface area (Å²) in [4.78, 5) is 0. The third-order valence-electron chi connectivity index (χ3n) is 1.53. The van der Waals surface area contributed by atoms with Gasteiger partial charge in [-0.1, -0.05) is 34.8 Å². The van der Waals surface area contributed by atoms with Crippen LogP contribution in [0.4, 0.5) is 0 Å². The quantitative estimate of drug-likeness (QED) is 0.724. The monoisotopic (exact) mass is 223 g/mol. The molecule has 0 bridgehead atoms. The van der Waals surface area contributed by atoms with Crippen LogP contribution >= 0.6 is 34.8 Å². The number of halogens is 3. The van der Waals surface area contributed by atoms with E-state index in [0.717, 1.165) is 0 Å². The Labute approximate surface area is 86.4 Å². The predicted molar refractivity (Wildman–Crippen MR) is 54.1 cm³/mol. The first kappa shape index (κ1) is 10.1. The van der Waals surface area contributed by atoms with Gasteiger partial charge in [0.25, 0.3) is 0 Å². The van der Waals surface area contributed by atoms with Crippen LogP contribution in [0.5, 0.6) is 0 Å². The van der Waals surface area contributed by atoms with E-state index in [2.05, 4.69) is 0 Å². The van der Waals surface area contributed by atoms with Crippen LogP contribution in [0, 0.1) is 0 Å². The largest absolute Gasteiger partial charge is 0.324 e. The van der Waals surface area contributed by atoms with Crippen molar-refractivity contribution in [3.05, 3.63) is 32.8 Å². The Hall–Kier alpha value is 0.0500. The van der Waals surface area contributed by atoms with E-state index < -0.39 is 0 Å². The average molecular weight is 225 g/mol. The summed E-state index contributed by atoms with van der Waals surface area (Å²) in [6.45, 7) is 1.81. The molecule has 0 aliphatic carbocycles. The molecule has 0 radical (unpaired) electrons. The number of nitrogens with two attached hydrogens (primary N) is 1. The molecule has 12 heavy (non-hydrogen) atoms. The van der Waals surface area contributed by atoms with Gasteiger partial charge < -0.3 is 5.73 Å². The molecule has 0 aliphatic heterocycles. The first-order valence-corrected chi connectivity index (χ1v) is 4.56. The second kappa shape index (κ2) is 3.84. The van der Waals surface area contributed by atoms with Crippen molar-refractivity contribution in [2.75, 3.05) is 0 Å². The maximum absolute atomic E-state index is 5.90. The third-order valence-corrected chi connectivity index (χ3v) is 2.68. The molecule has 0 unspecified atom stereocenters. The standard InChI is InChI=1S/C8H8Cl3N/c1-4(12)7-5(9)2-3-6(10)8(7)11/h2-4H,12H2,1H3/t4-/m0/s1. The van der Waals surface area contributed by atoms with Gasteiger partial charge in [-0.2, -0.15) is 0 Å². The minimum atomic E-state index is -0.205. The van der Waals surface area contributed by atoms with Gasteiger partial charge in [0.05, 0.1) is 10.0 Å². The molecule has 0 saturated carbocycles. The molecule has 0 aromatic heterocycles. The first-order chi connectivity index (χ1) is 5.54. The maximum Gasteiger partial charge on any atom is 0.0654 e. The van der Waals surface area contributed by atoms with Gasteiger partial charge in [0, 0.05) is 16.6 Å². The summed E-state index contributed by atoms with van der Waals surface area (Å²) >= 11 is 17.6. The van der Waals surface area contributed by atoms with Crippen molar-refractivity contribution in [3.63, 3.8) is 0 Å². The molecule has 0 saturated heterocycles. The summed E-state index contributed by atoms with van der Waals surface area (Å²) in [7, 11) is 0. The zero-order chi connectivity index (χ0) is 9.30. The zero-order valence-electron chi connectivity index (χ0n) is 6.44. The van der Waals surface area contributed by atoms with Crippen molar-refractivity contribution in [1.29, 1.82) is 0 Å². The summed E-state index contributed by atoms with van der Waals surface area (Å²) in [6, 6.07) is 3.13. The van der Waals surface area contributed by atoms with E-state index in [-0.39, 0.29) is 6.04 Å². The molecular weight excluding hydrogens is 216 g/mol. The third kappa shape index (κ3) is 1.86. The summed E-state index contributed by atoms with van der Waals surface area (Å²) in [6.07, 6.45) is 0. The van der Waals surface area contributed by atoms with E-state index in [9.17, 15) is 0 Å². The summed E-state index contributed by atoms with van der Waals surface area (Å²) < 4.78 is 0. The number of hydrogen-bond acceptors (Lipinski definition) is 1. The molecule has 1 aromatic carbocycles. The van der Waals surface area contributed by atoms with E-state index in [1.807, 2.05) is 6.92 Å². The van der Waals surface area contributed by atoms with Crippen molar-refractivity contribution in [2.24, 2.45) is 5.73 Å². The van der Waals surface area contributed by atoms with E-state index in [1.54, 1.807) is 12.1 Å². The second-order valence-electron chi connectivity index (χ2n) is 2.55. The highest BCUT2D eigenvalue weighted by molar-refractivity contribution is 6.44. The van der Waals surface area contributed by atoms with Crippen LogP contribution in [0.1, 0.15) is 18.5 Å². The van der Waals surface area contributed by atoms with Crippen LogP contribution in [0.25, 0.3) is 0 Å². The number of hydrogen-bond donors (Lipinski definition) is 1. The number of benzene rings is 1. The zero-order valence-corrected chi connectivity index (χ0v) is 8.71. The summed E-state index contributed by atoms with van der Waals surface area (Å²) in [5, 5.41) is 1.48. The van der Waals surface area contributed by atoms with Crippen LogP contribution < -0.4 is 5.73 Å². The fourth-order valence-electron chi connectivity index (χ4n) is 0.960. The Kier molecular flexibility index (Phi) is 3.24. The lowest BCUT2D eigenvalue weighted by Gasteiger charge is -2.11.